The number of hydrogen-bond donors (Lipinski definition) is 2. The van der Waals surface area contributed by atoms with Crippen LogP contribution in [0, 0.1) is 12.7 Å². The fraction of sp³-hybridized carbons (Fsp3) is 0.385. The van der Waals surface area contributed by atoms with Crippen LogP contribution in [0.5, 0.6) is 0 Å². The fourth-order valence-electron chi connectivity index (χ4n) is 1.53. The predicted molar refractivity (Wildman–Crippen MR) is 76.4 cm³/mol. The Hall–Kier alpha value is -1.44. The van der Waals surface area contributed by atoms with E-state index in [1.54, 1.807) is 0 Å². The average Bonchev–Trinajstić information content (AvgIpc) is 2.32. The minimum absolute atomic E-state index is 0.0312. The quantitative estimate of drug-likeness (QED) is 0.455. The summed E-state index contributed by atoms with van der Waals surface area (Å²) >= 11 is 0. The summed E-state index contributed by atoms with van der Waals surface area (Å²) in [6.45, 7) is 7.71. The standard InChI is InChI=1S/C13H19FN2O3S/c1-9(2)8-19-5-4-16-20(17,18)13-7-12(15)11(14)6-10(13)3/h6-7,16H,1,4-5,8,15H2,2-3H3. The third-order valence-corrected chi connectivity index (χ3v) is 4.07. The lowest BCUT2D eigenvalue weighted by Gasteiger charge is -2.11. The topological polar surface area (TPSA) is 81.4 Å². The number of nitrogens with two attached hydrogens (primary N) is 1. The van der Waals surface area contributed by atoms with Crippen molar-refractivity contribution >= 4 is 15.7 Å². The monoisotopic (exact) mass is 302 g/mol. The van der Waals surface area contributed by atoms with Gasteiger partial charge in [0.15, 0.2) is 0 Å². The van der Waals surface area contributed by atoms with Gasteiger partial charge in [0.1, 0.15) is 5.82 Å². The summed E-state index contributed by atoms with van der Waals surface area (Å²) in [4.78, 5) is -0.0312. The highest BCUT2D eigenvalue weighted by Crippen LogP contribution is 2.21. The van der Waals surface area contributed by atoms with E-state index in [2.05, 4.69) is 11.3 Å². The highest BCUT2D eigenvalue weighted by Gasteiger charge is 2.18. The Balaban J connectivity index is 2.70. The number of rotatable bonds is 7. The van der Waals surface area contributed by atoms with Gasteiger partial charge in [-0.1, -0.05) is 12.2 Å². The van der Waals surface area contributed by atoms with Crippen molar-refractivity contribution in [2.75, 3.05) is 25.5 Å². The van der Waals surface area contributed by atoms with Crippen molar-refractivity contribution in [2.24, 2.45) is 0 Å². The number of benzene rings is 1. The lowest BCUT2D eigenvalue weighted by atomic mass is 10.2. The van der Waals surface area contributed by atoms with Gasteiger partial charge in [-0.05, 0) is 31.5 Å². The third-order valence-electron chi connectivity index (χ3n) is 2.47. The summed E-state index contributed by atoms with van der Waals surface area (Å²) in [5, 5.41) is 0. The molecule has 0 bridgehead atoms. The Morgan fingerprint density at radius 3 is 2.75 bits per heavy atom. The second-order valence-corrected chi connectivity index (χ2v) is 6.28. The molecule has 3 N–H and O–H groups in total. The highest BCUT2D eigenvalue weighted by molar-refractivity contribution is 7.89. The molecule has 1 aromatic carbocycles. The van der Waals surface area contributed by atoms with Gasteiger partial charge in [0.05, 0.1) is 23.8 Å². The molecule has 0 saturated heterocycles. The molecule has 1 aromatic rings. The Bertz CT molecular complexity index is 600. The van der Waals surface area contributed by atoms with Crippen LogP contribution in [-0.2, 0) is 14.8 Å². The number of anilines is 1. The molecular formula is C13H19FN2O3S. The van der Waals surface area contributed by atoms with E-state index < -0.39 is 15.8 Å². The molecule has 0 fully saturated rings. The third kappa shape index (κ3) is 4.59. The molecule has 0 radical (unpaired) electrons. The van der Waals surface area contributed by atoms with Gasteiger partial charge in [-0.25, -0.2) is 17.5 Å². The van der Waals surface area contributed by atoms with Gasteiger partial charge in [0.2, 0.25) is 10.0 Å². The van der Waals surface area contributed by atoms with E-state index in [0.29, 0.717) is 12.2 Å². The Morgan fingerprint density at radius 2 is 2.15 bits per heavy atom. The lowest BCUT2D eigenvalue weighted by Crippen LogP contribution is -2.28. The van der Waals surface area contributed by atoms with Crippen molar-refractivity contribution in [3.8, 4) is 0 Å². The Labute approximate surface area is 118 Å². The van der Waals surface area contributed by atoms with Crippen LogP contribution in [0.2, 0.25) is 0 Å². The fourth-order valence-corrected chi connectivity index (χ4v) is 2.80. The summed E-state index contributed by atoms with van der Waals surface area (Å²) < 4.78 is 44.9. The average molecular weight is 302 g/mol. The van der Waals surface area contributed by atoms with Crippen LogP contribution >= 0.6 is 0 Å². The van der Waals surface area contributed by atoms with Crippen molar-refractivity contribution in [2.45, 2.75) is 18.7 Å². The van der Waals surface area contributed by atoms with E-state index in [0.717, 1.165) is 17.7 Å². The Kier molecular flexibility index (Phi) is 5.67. The summed E-state index contributed by atoms with van der Waals surface area (Å²) in [6.07, 6.45) is 0. The largest absolute Gasteiger partial charge is 0.396 e. The molecule has 0 aliphatic carbocycles. The minimum Gasteiger partial charge on any atom is -0.396 e. The van der Waals surface area contributed by atoms with Gasteiger partial charge >= 0.3 is 0 Å². The van der Waals surface area contributed by atoms with E-state index in [-0.39, 0.29) is 23.7 Å². The number of sulfonamides is 1. The number of ether oxygens (including phenoxy) is 1. The van der Waals surface area contributed by atoms with Crippen molar-refractivity contribution in [1.29, 1.82) is 0 Å². The van der Waals surface area contributed by atoms with Crippen LogP contribution in [0.1, 0.15) is 12.5 Å². The number of halogens is 1. The van der Waals surface area contributed by atoms with Crippen molar-refractivity contribution < 1.29 is 17.5 Å². The van der Waals surface area contributed by atoms with Gasteiger partial charge in [-0.2, -0.15) is 0 Å². The highest BCUT2D eigenvalue weighted by atomic mass is 32.2. The van der Waals surface area contributed by atoms with E-state index >= 15 is 0 Å². The molecule has 0 unspecified atom stereocenters. The minimum atomic E-state index is -3.73. The molecule has 5 nitrogen and oxygen atoms in total. The SMILES string of the molecule is C=C(C)COCCNS(=O)(=O)c1cc(N)c(F)cc1C. The molecular weight excluding hydrogens is 283 g/mol. The van der Waals surface area contributed by atoms with E-state index in [1.165, 1.54) is 6.92 Å². The van der Waals surface area contributed by atoms with Gasteiger partial charge in [-0.3, -0.25) is 0 Å². The molecule has 0 aliphatic rings. The summed E-state index contributed by atoms with van der Waals surface area (Å²) in [5.74, 6) is -0.633. The second kappa shape index (κ2) is 6.83. The van der Waals surface area contributed by atoms with Gasteiger partial charge in [0.25, 0.3) is 0 Å². The number of aryl methyl sites for hydroxylation is 1. The van der Waals surface area contributed by atoms with Crippen LogP contribution < -0.4 is 10.5 Å². The molecule has 20 heavy (non-hydrogen) atoms. The first kappa shape index (κ1) is 16.6. The molecule has 0 aliphatic heterocycles. The van der Waals surface area contributed by atoms with Crippen molar-refractivity contribution in [1.82, 2.24) is 4.72 Å². The van der Waals surface area contributed by atoms with Crippen LogP contribution in [0.3, 0.4) is 0 Å². The van der Waals surface area contributed by atoms with Crippen molar-refractivity contribution in [3.63, 3.8) is 0 Å². The van der Waals surface area contributed by atoms with E-state index in [4.69, 9.17) is 10.5 Å². The first-order valence-corrected chi connectivity index (χ1v) is 7.50. The van der Waals surface area contributed by atoms with Crippen LogP contribution in [0.25, 0.3) is 0 Å². The normalized spacial score (nSPS) is 11.6. The van der Waals surface area contributed by atoms with Crippen LogP contribution in [0.15, 0.2) is 29.2 Å². The van der Waals surface area contributed by atoms with Gasteiger partial charge in [0, 0.05) is 6.54 Å². The summed E-state index contributed by atoms with van der Waals surface area (Å²) in [7, 11) is -3.73. The summed E-state index contributed by atoms with van der Waals surface area (Å²) in [6, 6.07) is 2.21. The summed E-state index contributed by atoms with van der Waals surface area (Å²) in [5.41, 5.74) is 6.35. The maximum Gasteiger partial charge on any atom is 0.240 e. The van der Waals surface area contributed by atoms with E-state index in [1.807, 2.05) is 6.92 Å². The zero-order valence-corrected chi connectivity index (χ0v) is 12.4. The predicted octanol–water partition coefficient (Wildman–Crippen LogP) is 1.59. The lowest BCUT2D eigenvalue weighted by molar-refractivity contribution is 0.162. The molecule has 0 atom stereocenters. The molecule has 7 heteroatoms. The zero-order valence-electron chi connectivity index (χ0n) is 11.6. The van der Waals surface area contributed by atoms with Crippen LogP contribution in [0.4, 0.5) is 10.1 Å². The maximum absolute atomic E-state index is 13.2. The van der Waals surface area contributed by atoms with E-state index in [9.17, 15) is 12.8 Å². The maximum atomic E-state index is 13.2. The van der Waals surface area contributed by atoms with Crippen LogP contribution in [-0.4, -0.2) is 28.2 Å². The first-order valence-electron chi connectivity index (χ1n) is 6.01. The van der Waals surface area contributed by atoms with Crippen molar-refractivity contribution in [3.05, 3.63) is 35.7 Å². The number of nitrogens with one attached hydrogen (secondary N) is 1. The molecule has 0 aromatic heterocycles. The number of hydrogen-bond acceptors (Lipinski definition) is 4. The zero-order chi connectivity index (χ0) is 15.3. The smallest absolute Gasteiger partial charge is 0.240 e. The molecule has 112 valence electrons. The van der Waals surface area contributed by atoms with Gasteiger partial charge < -0.3 is 10.5 Å². The molecule has 1 rings (SSSR count). The first-order chi connectivity index (χ1) is 9.24. The van der Waals surface area contributed by atoms with Gasteiger partial charge in [-0.15, -0.1) is 0 Å². The molecule has 0 amide bonds. The molecule has 0 spiro atoms. The second-order valence-electron chi connectivity index (χ2n) is 4.55. The Morgan fingerprint density at radius 1 is 1.50 bits per heavy atom. The molecule has 0 saturated carbocycles. The molecule has 0 heterocycles. The number of nitrogen functional groups attached to an aromatic ring is 1.